The maximum absolute atomic E-state index is 12.6. The molecule has 2 aromatic carbocycles. The van der Waals surface area contributed by atoms with Crippen molar-refractivity contribution in [3.63, 3.8) is 0 Å². The molecule has 0 radical (unpaired) electrons. The molecule has 6 heteroatoms. The first-order valence-corrected chi connectivity index (χ1v) is 9.96. The predicted octanol–water partition coefficient (Wildman–Crippen LogP) is 4.45. The van der Waals surface area contributed by atoms with Gasteiger partial charge in [-0.05, 0) is 31.5 Å². The molecule has 0 heterocycles. The Morgan fingerprint density at radius 3 is 2.38 bits per heavy atom. The van der Waals surface area contributed by atoms with E-state index in [0.717, 1.165) is 18.4 Å². The van der Waals surface area contributed by atoms with Gasteiger partial charge in [0.25, 0.3) is 10.0 Å². The summed E-state index contributed by atoms with van der Waals surface area (Å²) >= 11 is 0. The molecule has 138 valence electrons. The Morgan fingerprint density at radius 1 is 1.12 bits per heavy atom. The lowest BCUT2D eigenvalue weighted by Crippen LogP contribution is -2.15. The van der Waals surface area contributed by atoms with Gasteiger partial charge in [0.1, 0.15) is 0 Å². The molecule has 0 unspecified atom stereocenters. The van der Waals surface area contributed by atoms with Crippen LogP contribution in [0, 0.1) is 6.92 Å². The summed E-state index contributed by atoms with van der Waals surface area (Å²) < 4.78 is 27.8. The van der Waals surface area contributed by atoms with E-state index in [9.17, 15) is 18.3 Å². The van der Waals surface area contributed by atoms with Gasteiger partial charge in [-0.1, -0.05) is 61.7 Å². The summed E-state index contributed by atoms with van der Waals surface area (Å²) in [7, 11) is -3.81. The highest BCUT2D eigenvalue weighted by atomic mass is 32.2. The number of nitrogens with one attached hydrogen (secondary N) is 1. The summed E-state index contributed by atoms with van der Waals surface area (Å²) in [6, 6.07) is 13.0. The number of carboxylic acids is 1. The van der Waals surface area contributed by atoms with Gasteiger partial charge in [0.05, 0.1) is 16.2 Å². The van der Waals surface area contributed by atoms with E-state index in [0.29, 0.717) is 12.0 Å². The smallest absolute Gasteiger partial charge is 0.336 e. The lowest BCUT2D eigenvalue weighted by molar-refractivity contribution is -0.130. The Kier molecular flexibility index (Phi) is 6.58. The molecule has 0 saturated carbocycles. The van der Waals surface area contributed by atoms with Crippen LogP contribution in [0.25, 0.3) is 5.57 Å². The van der Waals surface area contributed by atoms with Crippen molar-refractivity contribution in [3.8, 4) is 0 Å². The second-order valence-electron chi connectivity index (χ2n) is 6.03. The summed E-state index contributed by atoms with van der Waals surface area (Å²) in [6.45, 7) is 3.90. The van der Waals surface area contributed by atoms with E-state index in [1.807, 2.05) is 13.8 Å². The molecule has 0 saturated heterocycles. The molecule has 2 N–H and O–H groups in total. The molecule has 0 atom stereocenters. The topological polar surface area (TPSA) is 83.5 Å². The van der Waals surface area contributed by atoms with Gasteiger partial charge in [-0.25, -0.2) is 13.2 Å². The van der Waals surface area contributed by atoms with Crippen LogP contribution < -0.4 is 4.72 Å². The van der Waals surface area contributed by atoms with Crippen LogP contribution >= 0.6 is 0 Å². The highest BCUT2D eigenvalue weighted by Gasteiger charge is 2.19. The van der Waals surface area contributed by atoms with Gasteiger partial charge in [0.2, 0.25) is 0 Å². The third-order valence-corrected chi connectivity index (χ3v) is 5.31. The number of rotatable bonds is 8. The Hall–Kier alpha value is -2.60. The van der Waals surface area contributed by atoms with Gasteiger partial charge in [0, 0.05) is 5.56 Å². The van der Waals surface area contributed by atoms with Gasteiger partial charge in [-0.2, -0.15) is 0 Å². The van der Waals surface area contributed by atoms with Crippen LogP contribution in [0.1, 0.15) is 37.3 Å². The number of carbonyl (C=O) groups is 1. The minimum absolute atomic E-state index is 0.0978. The Balaban J connectivity index is 2.40. The minimum Gasteiger partial charge on any atom is -0.478 e. The first-order valence-electron chi connectivity index (χ1n) is 8.47. The molecule has 2 rings (SSSR count). The van der Waals surface area contributed by atoms with Gasteiger partial charge in [-0.3, -0.25) is 4.72 Å². The fraction of sp³-hybridized carbons (Fsp3) is 0.250. The molecule has 5 nitrogen and oxygen atoms in total. The van der Waals surface area contributed by atoms with Crippen molar-refractivity contribution in [3.05, 3.63) is 65.7 Å². The third kappa shape index (κ3) is 4.95. The van der Waals surface area contributed by atoms with Crippen LogP contribution in [0.3, 0.4) is 0 Å². The van der Waals surface area contributed by atoms with Gasteiger partial charge < -0.3 is 5.11 Å². The summed E-state index contributed by atoms with van der Waals surface area (Å²) in [5.74, 6) is -1.08. The van der Waals surface area contributed by atoms with Crippen LogP contribution in [0.4, 0.5) is 5.69 Å². The van der Waals surface area contributed by atoms with Crippen molar-refractivity contribution in [2.45, 2.75) is 38.0 Å². The monoisotopic (exact) mass is 373 g/mol. The van der Waals surface area contributed by atoms with E-state index in [1.54, 1.807) is 42.5 Å². The molecule has 0 amide bonds. The van der Waals surface area contributed by atoms with Crippen LogP contribution in [-0.2, 0) is 14.8 Å². The van der Waals surface area contributed by atoms with E-state index >= 15 is 0 Å². The number of benzene rings is 2. The van der Waals surface area contributed by atoms with E-state index < -0.39 is 16.0 Å². The van der Waals surface area contributed by atoms with Crippen LogP contribution in [0.15, 0.2) is 59.5 Å². The fourth-order valence-corrected chi connectivity index (χ4v) is 3.57. The molecule has 0 aromatic heterocycles. The number of aliphatic carboxylic acids is 1. The van der Waals surface area contributed by atoms with E-state index in [4.69, 9.17) is 0 Å². The van der Waals surface area contributed by atoms with E-state index in [-0.39, 0.29) is 16.2 Å². The van der Waals surface area contributed by atoms with E-state index in [1.165, 1.54) is 12.1 Å². The SMILES string of the molecule is CCCC/C=C(/C(=O)O)c1ccccc1NS(=O)(=O)c1ccc(C)cc1. The summed E-state index contributed by atoms with van der Waals surface area (Å²) in [5.41, 5.74) is 1.65. The number of unbranched alkanes of at least 4 members (excludes halogenated alkanes) is 2. The summed E-state index contributed by atoms with van der Waals surface area (Å²) in [6.07, 6.45) is 4.08. The van der Waals surface area contributed by atoms with Crippen LogP contribution in [0.5, 0.6) is 0 Å². The second-order valence-corrected chi connectivity index (χ2v) is 7.71. The maximum Gasteiger partial charge on any atom is 0.336 e. The van der Waals surface area contributed by atoms with Gasteiger partial charge in [0.15, 0.2) is 0 Å². The highest BCUT2D eigenvalue weighted by Crippen LogP contribution is 2.27. The van der Waals surface area contributed by atoms with Crippen molar-refractivity contribution in [2.75, 3.05) is 4.72 Å². The number of hydrogen-bond acceptors (Lipinski definition) is 3. The number of para-hydroxylation sites is 1. The normalized spacial score (nSPS) is 12.0. The number of hydrogen-bond donors (Lipinski definition) is 2. The van der Waals surface area contributed by atoms with Crippen molar-refractivity contribution in [1.29, 1.82) is 0 Å². The molecular weight excluding hydrogens is 350 g/mol. The van der Waals surface area contributed by atoms with Crippen LogP contribution in [0.2, 0.25) is 0 Å². The molecule has 0 aliphatic rings. The Bertz CT molecular complexity index is 900. The molecule has 0 aliphatic heterocycles. The van der Waals surface area contributed by atoms with Gasteiger partial charge >= 0.3 is 5.97 Å². The average molecular weight is 373 g/mol. The van der Waals surface area contributed by atoms with Gasteiger partial charge in [-0.15, -0.1) is 0 Å². The molecule has 0 aliphatic carbocycles. The molecule has 0 spiro atoms. The first-order chi connectivity index (χ1) is 12.3. The number of sulfonamides is 1. The average Bonchev–Trinajstić information content (AvgIpc) is 2.59. The fourth-order valence-electron chi connectivity index (χ4n) is 2.49. The second kappa shape index (κ2) is 8.67. The zero-order chi connectivity index (χ0) is 19.2. The number of carboxylic acid groups (broad SMARTS) is 1. The first kappa shape index (κ1) is 19.7. The molecule has 0 bridgehead atoms. The summed E-state index contributed by atoms with van der Waals surface area (Å²) in [5, 5.41) is 9.55. The molecule has 2 aromatic rings. The quantitative estimate of drug-likeness (QED) is 0.529. The largest absolute Gasteiger partial charge is 0.478 e. The van der Waals surface area contributed by atoms with Crippen molar-refractivity contribution in [1.82, 2.24) is 0 Å². The van der Waals surface area contributed by atoms with Crippen LogP contribution in [-0.4, -0.2) is 19.5 Å². The minimum atomic E-state index is -3.81. The Morgan fingerprint density at radius 2 is 1.77 bits per heavy atom. The number of allylic oxidation sites excluding steroid dienone is 1. The standard InChI is InChI=1S/C20H23NO4S/c1-3-4-5-9-18(20(22)23)17-8-6-7-10-19(17)21-26(24,25)16-13-11-15(2)12-14-16/h6-14,21H,3-5H2,1-2H3,(H,22,23)/b18-9+. The zero-order valence-corrected chi connectivity index (χ0v) is 15.7. The third-order valence-electron chi connectivity index (χ3n) is 3.93. The lowest BCUT2D eigenvalue weighted by Gasteiger charge is -2.13. The van der Waals surface area contributed by atoms with Crippen molar-refractivity contribution < 1.29 is 18.3 Å². The molecule has 0 fully saturated rings. The lowest BCUT2D eigenvalue weighted by atomic mass is 10.0. The number of aryl methyl sites for hydroxylation is 1. The summed E-state index contributed by atoms with van der Waals surface area (Å²) in [4.78, 5) is 11.8. The van der Waals surface area contributed by atoms with Crippen molar-refractivity contribution in [2.24, 2.45) is 0 Å². The Labute approximate surface area is 154 Å². The maximum atomic E-state index is 12.6. The molecule has 26 heavy (non-hydrogen) atoms. The number of anilines is 1. The van der Waals surface area contributed by atoms with E-state index in [2.05, 4.69) is 4.72 Å². The highest BCUT2D eigenvalue weighted by molar-refractivity contribution is 7.92. The predicted molar refractivity (Wildman–Crippen MR) is 104 cm³/mol. The zero-order valence-electron chi connectivity index (χ0n) is 14.9. The van der Waals surface area contributed by atoms with Crippen molar-refractivity contribution >= 4 is 27.3 Å². The molecular formula is C20H23NO4S.